The van der Waals surface area contributed by atoms with E-state index in [-0.39, 0.29) is 23.3 Å². The van der Waals surface area contributed by atoms with E-state index in [1.165, 1.54) is 19.4 Å². The molecule has 4 amide bonds. The third-order valence-corrected chi connectivity index (χ3v) is 6.25. The normalized spacial score (nSPS) is 12.5. The molecule has 0 saturated carbocycles. The molecule has 3 heterocycles. The summed E-state index contributed by atoms with van der Waals surface area (Å²) in [6.45, 7) is 3.84. The Morgan fingerprint density at radius 3 is 2.39 bits per heavy atom. The molecule has 38 heavy (non-hydrogen) atoms. The summed E-state index contributed by atoms with van der Waals surface area (Å²) in [4.78, 5) is 53.2. The van der Waals surface area contributed by atoms with Crippen molar-refractivity contribution in [3.8, 4) is 11.3 Å². The molecule has 5 N–H and O–H groups in total. The predicted octanol–water partition coefficient (Wildman–Crippen LogP) is 2.84. The summed E-state index contributed by atoms with van der Waals surface area (Å²) in [5.74, 6) is -1.26. The van der Waals surface area contributed by atoms with E-state index in [0.717, 1.165) is 6.42 Å². The highest BCUT2D eigenvalue weighted by Crippen LogP contribution is 2.24. The van der Waals surface area contributed by atoms with Crippen LogP contribution in [0.15, 0.2) is 65.3 Å². The Morgan fingerprint density at radius 1 is 1.00 bits per heavy atom. The van der Waals surface area contributed by atoms with Crippen molar-refractivity contribution in [3.63, 3.8) is 0 Å². The third kappa shape index (κ3) is 5.56. The summed E-state index contributed by atoms with van der Waals surface area (Å²) >= 11 is 0. The van der Waals surface area contributed by atoms with Gasteiger partial charge < -0.3 is 30.5 Å². The zero-order chi connectivity index (χ0) is 27.4. The molecule has 0 saturated heterocycles. The van der Waals surface area contributed by atoms with Gasteiger partial charge >= 0.3 is 0 Å². The highest BCUT2D eigenvalue weighted by molar-refractivity contribution is 6.03. The van der Waals surface area contributed by atoms with Crippen LogP contribution < -0.4 is 21.7 Å². The second-order valence-corrected chi connectivity index (χ2v) is 8.82. The third-order valence-electron chi connectivity index (χ3n) is 6.25. The quantitative estimate of drug-likeness (QED) is 0.267. The van der Waals surface area contributed by atoms with Gasteiger partial charge in [0.05, 0.1) is 5.56 Å². The first kappa shape index (κ1) is 26.1. The van der Waals surface area contributed by atoms with Gasteiger partial charge in [-0.15, -0.1) is 0 Å². The largest absolute Gasteiger partial charge is 0.451 e. The lowest BCUT2D eigenvalue weighted by atomic mass is 9.98. The molecule has 0 fully saturated rings. The molecule has 0 spiro atoms. The lowest BCUT2D eigenvalue weighted by molar-refractivity contribution is -0.123. The van der Waals surface area contributed by atoms with E-state index in [9.17, 15) is 19.2 Å². The number of hydrogen-bond acceptors (Lipinski definition) is 6. The SMILES string of the molecule is CCC(C)[C@H](NC(=O)c1ccc(-c2ccc(NC(=O)c3cn4cc(C(N)=O)ccc4n3)cc2)o1)C(=O)NC. The van der Waals surface area contributed by atoms with Crippen LogP contribution in [0.2, 0.25) is 0 Å². The molecule has 1 aromatic carbocycles. The van der Waals surface area contributed by atoms with Gasteiger partial charge in [-0.25, -0.2) is 4.98 Å². The Balaban J connectivity index is 1.43. The van der Waals surface area contributed by atoms with Crippen LogP contribution in [0, 0.1) is 5.92 Å². The number of imidazole rings is 1. The summed E-state index contributed by atoms with van der Waals surface area (Å²) in [6.07, 6.45) is 3.74. The van der Waals surface area contributed by atoms with Gasteiger partial charge in [-0.05, 0) is 54.4 Å². The maximum absolute atomic E-state index is 12.7. The molecule has 0 bridgehead atoms. The number of pyridine rings is 1. The van der Waals surface area contributed by atoms with Gasteiger partial charge in [-0.2, -0.15) is 0 Å². The van der Waals surface area contributed by atoms with E-state index in [2.05, 4.69) is 20.9 Å². The van der Waals surface area contributed by atoms with Crippen molar-refractivity contribution in [1.82, 2.24) is 20.0 Å². The topological polar surface area (TPSA) is 161 Å². The minimum absolute atomic E-state index is 0.0516. The molecular weight excluding hydrogens is 488 g/mol. The minimum atomic E-state index is -0.674. The smallest absolute Gasteiger partial charge is 0.287 e. The summed E-state index contributed by atoms with van der Waals surface area (Å²) in [6, 6.07) is 12.6. The van der Waals surface area contributed by atoms with Crippen LogP contribution in [0.4, 0.5) is 5.69 Å². The van der Waals surface area contributed by atoms with E-state index >= 15 is 0 Å². The molecule has 11 nitrogen and oxygen atoms in total. The first-order valence-electron chi connectivity index (χ1n) is 12.0. The zero-order valence-electron chi connectivity index (χ0n) is 21.1. The predicted molar refractivity (Wildman–Crippen MR) is 141 cm³/mol. The molecule has 0 aliphatic rings. The lowest BCUT2D eigenvalue weighted by Gasteiger charge is -2.22. The molecule has 3 aromatic heterocycles. The summed E-state index contributed by atoms with van der Waals surface area (Å²) in [7, 11) is 1.53. The summed E-state index contributed by atoms with van der Waals surface area (Å²) < 4.78 is 7.29. The van der Waals surface area contributed by atoms with E-state index in [0.29, 0.717) is 28.2 Å². The number of hydrogen-bond donors (Lipinski definition) is 4. The number of carbonyl (C=O) groups excluding carboxylic acids is 4. The van der Waals surface area contributed by atoms with E-state index < -0.39 is 23.8 Å². The van der Waals surface area contributed by atoms with Gasteiger partial charge in [-0.3, -0.25) is 19.2 Å². The Hall–Kier alpha value is -4.93. The van der Waals surface area contributed by atoms with Crippen molar-refractivity contribution >= 4 is 35.0 Å². The number of nitrogens with zero attached hydrogens (tertiary/aromatic N) is 2. The number of rotatable bonds is 9. The second-order valence-electron chi connectivity index (χ2n) is 8.82. The fourth-order valence-corrected chi connectivity index (χ4v) is 3.84. The molecule has 2 atom stereocenters. The highest BCUT2D eigenvalue weighted by Gasteiger charge is 2.26. The van der Waals surface area contributed by atoms with Crippen LogP contribution in [0.5, 0.6) is 0 Å². The fraction of sp³-hybridized carbons (Fsp3) is 0.222. The van der Waals surface area contributed by atoms with Crippen LogP contribution in [-0.4, -0.2) is 46.1 Å². The zero-order valence-corrected chi connectivity index (χ0v) is 21.1. The number of nitrogens with one attached hydrogen (secondary N) is 3. The van der Waals surface area contributed by atoms with Crippen LogP contribution in [-0.2, 0) is 4.79 Å². The van der Waals surface area contributed by atoms with Crippen molar-refractivity contribution < 1.29 is 23.6 Å². The van der Waals surface area contributed by atoms with E-state index in [1.807, 2.05) is 13.8 Å². The Morgan fingerprint density at radius 2 is 1.74 bits per heavy atom. The number of fused-ring (bicyclic) bond motifs is 1. The van der Waals surface area contributed by atoms with E-state index in [4.69, 9.17) is 10.2 Å². The Labute approximate surface area is 218 Å². The molecular formula is C27H28N6O5. The fourth-order valence-electron chi connectivity index (χ4n) is 3.84. The van der Waals surface area contributed by atoms with Gasteiger partial charge in [0.1, 0.15) is 23.1 Å². The lowest BCUT2D eigenvalue weighted by Crippen LogP contribution is -2.49. The number of benzene rings is 1. The monoisotopic (exact) mass is 516 g/mol. The number of likely N-dealkylation sites (N-methyl/N-ethyl adjacent to an activating group) is 1. The molecule has 4 rings (SSSR count). The van der Waals surface area contributed by atoms with Gasteiger partial charge in [0.2, 0.25) is 11.8 Å². The molecule has 11 heteroatoms. The number of aromatic nitrogens is 2. The van der Waals surface area contributed by atoms with E-state index in [1.54, 1.807) is 52.9 Å². The number of carbonyl (C=O) groups is 4. The van der Waals surface area contributed by atoms with Crippen molar-refractivity contribution in [3.05, 3.63) is 77.9 Å². The number of furan rings is 1. The van der Waals surface area contributed by atoms with Crippen LogP contribution in [0.1, 0.15) is 51.7 Å². The van der Waals surface area contributed by atoms with Crippen molar-refractivity contribution in [2.24, 2.45) is 11.7 Å². The van der Waals surface area contributed by atoms with Gasteiger partial charge in [0, 0.05) is 30.7 Å². The minimum Gasteiger partial charge on any atom is -0.451 e. The molecule has 196 valence electrons. The van der Waals surface area contributed by atoms with Crippen LogP contribution in [0.25, 0.3) is 17.0 Å². The average molecular weight is 517 g/mol. The molecule has 0 aliphatic heterocycles. The molecule has 0 radical (unpaired) electrons. The summed E-state index contributed by atoms with van der Waals surface area (Å²) in [5, 5.41) is 8.09. The number of nitrogens with two attached hydrogens (primary N) is 1. The number of anilines is 1. The second kappa shape index (κ2) is 11.0. The van der Waals surface area contributed by atoms with Crippen molar-refractivity contribution in [2.45, 2.75) is 26.3 Å². The molecule has 0 aliphatic carbocycles. The Kier molecular flexibility index (Phi) is 7.56. The van der Waals surface area contributed by atoms with Crippen molar-refractivity contribution in [2.75, 3.05) is 12.4 Å². The van der Waals surface area contributed by atoms with Gasteiger partial charge in [0.15, 0.2) is 5.76 Å². The standard InChI is InChI=1S/C27H28N6O5/c1-4-15(2)23(27(37)29-3)32-26(36)21-11-10-20(38-21)16-5-8-18(9-6-16)30-25(35)19-14-33-13-17(24(28)34)7-12-22(33)31-19/h5-15,23H,4H2,1-3H3,(H2,28,34)(H,29,37)(H,30,35)(H,32,36)/t15?,23-/m0/s1. The summed E-state index contributed by atoms with van der Waals surface area (Å²) in [5.41, 5.74) is 7.50. The van der Waals surface area contributed by atoms with Gasteiger partial charge in [-0.1, -0.05) is 20.3 Å². The first-order chi connectivity index (χ1) is 18.2. The molecule has 1 unspecified atom stereocenters. The average Bonchev–Trinajstić information content (AvgIpc) is 3.58. The molecule has 4 aromatic rings. The maximum atomic E-state index is 12.7. The van der Waals surface area contributed by atoms with Crippen LogP contribution in [0.3, 0.4) is 0 Å². The van der Waals surface area contributed by atoms with Crippen molar-refractivity contribution in [1.29, 1.82) is 0 Å². The van der Waals surface area contributed by atoms with Crippen LogP contribution >= 0.6 is 0 Å². The maximum Gasteiger partial charge on any atom is 0.287 e. The highest BCUT2D eigenvalue weighted by atomic mass is 16.4. The Bertz CT molecular complexity index is 1500. The van der Waals surface area contributed by atoms with Gasteiger partial charge in [0.25, 0.3) is 11.8 Å². The number of primary amides is 1. The number of amides is 4. The first-order valence-corrected chi connectivity index (χ1v) is 12.0.